The molecule has 3 fully saturated rings. The van der Waals surface area contributed by atoms with E-state index >= 15 is 0 Å². The SMILES string of the molecule is C[C@H]1[C@H](C2(Oc3ccc(Cl)cc3)NC=C(C(N)=O)S2)C2CCN1CC2. The van der Waals surface area contributed by atoms with Gasteiger partial charge in [0.2, 0.25) is 5.06 Å². The van der Waals surface area contributed by atoms with Crippen molar-refractivity contribution in [3.05, 3.63) is 40.4 Å². The van der Waals surface area contributed by atoms with Gasteiger partial charge in [0.25, 0.3) is 5.91 Å². The second-order valence-electron chi connectivity index (χ2n) is 6.98. The highest BCUT2D eigenvalue weighted by Gasteiger charge is 2.56. The average Bonchev–Trinajstić information content (AvgIpc) is 3.03. The molecule has 0 radical (unpaired) electrons. The van der Waals surface area contributed by atoms with Gasteiger partial charge in [-0.25, -0.2) is 0 Å². The Morgan fingerprint density at radius 2 is 2.04 bits per heavy atom. The Balaban J connectivity index is 1.67. The van der Waals surface area contributed by atoms with Gasteiger partial charge >= 0.3 is 0 Å². The summed E-state index contributed by atoms with van der Waals surface area (Å²) in [7, 11) is 0. The molecule has 4 aliphatic rings. The number of rotatable bonds is 4. The minimum atomic E-state index is -0.721. The van der Waals surface area contributed by atoms with Crippen molar-refractivity contribution in [1.29, 1.82) is 0 Å². The number of nitrogens with zero attached hydrogens (tertiary/aromatic N) is 1. The molecule has 0 aromatic heterocycles. The van der Waals surface area contributed by atoms with Crippen LogP contribution in [0.2, 0.25) is 5.02 Å². The van der Waals surface area contributed by atoms with Gasteiger partial charge in [-0.3, -0.25) is 4.79 Å². The van der Waals surface area contributed by atoms with Crippen LogP contribution in [0.1, 0.15) is 19.8 Å². The minimum absolute atomic E-state index is 0.253. The summed E-state index contributed by atoms with van der Waals surface area (Å²) in [5.74, 6) is 1.12. The molecule has 7 heteroatoms. The summed E-state index contributed by atoms with van der Waals surface area (Å²) in [5.41, 5.74) is 5.52. The first-order chi connectivity index (χ1) is 12.0. The number of carbonyl (C=O) groups is 1. The number of primary amides is 1. The Bertz CT molecular complexity index is 701. The Morgan fingerprint density at radius 3 is 2.60 bits per heavy atom. The van der Waals surface area contributed by atoms with Crippen molar-refractivity contribution in [2.24, 2.45) is 17.6 Å². The summed E-state index contributed by atoms with van der Waals surface area (Å²) in [6.45, 7) is 4.54. The summed E-state index contributed by atoms with van der Waals surface area (Å²) in [5, 5.41) is 3.31. The number of benzene rings is 1. The molecule has 4 aliphatic heterocycles. The van der Waals surface area contributed by atoms with Crippen molar-refractivity contribution in [3.8, 4) is 5.75 Å². The molecule has 1 unspecified atom stereocenters. The van der Waals surface area contributed by atoms with E-state index in [0.717, 1.165) is 31.7 Å². The van der Waals surface area contributed by atoms with Crippen LogP contribution in [0.15, 0.2) is 35.4 Å². The van der Waals surface area contributed by atoms with Crippen molar-refractivity contribution >= 4 is 29.3 Å². The predicted octanol–water partition coefficient (Wildman–Crippen LogP) is 2.77. The number of thioether (sulfide) groups is 1. The lowest BCUT2D eigenvalue weighted by atomic mass is 9.73. The van der Waals surface area contributed by atoms with Gasteiger partial charge < -0.3 is 20.7 Å². The summed E-state index contributed by atoms with van der Waals surface area (Å²) in [6, 6.07) is 7.72. The monoisotopic (exact) mass is 379 g/mol. The molecule has 3 saturated heterocycles. The third-order valence-electron chi connectivity index (χ3n) is 5.61. The topological polar surface area (TPSA) is 67.6 Å². The van der Waals surface area contributed by atoms with E-state index in [9.17, 15) is 4.79 Å². The third kappa shape index (κ3) is 3.00. The molecule has 5 nitrogen and oxygen atoms in total. The summed E-state index contributed by atoms with van der Waals surface area (Å²) >= 11 is 7.41. The van der Waals surface area contributed by atoms with E-state index in [1.54, 1.807) is 6.20 Å². The predicted molar refractivity (Wildman–Crippen MR) is 100 cm³/mol. The number of hydrogen-bond donors (Lipinski definition) is 2. The van der Waals surface area contributed by atoms with E-state index in [-0.39, 0.29) is 5.92 Å². The van der Waals surface area contributed by atoms with Crippen LogP contribution in [-0.4, -0.2) is 35.0 Å². The van der Waals surface area contributed by atoms with E-state index < -0.39 is 11.0 Å². The van der Waals surface area contributed by atoms with E-state index in [4.69, 9.17) is 22.1 Å². The van der Waals surface area contributed by atoms with E-state index in [1.165, 1.54) is 11.8 Å². The summed E-state index contributed by atoms with van der Waals surface area (Å²) < 4.78 is 6.47. The van der Waals surface area contributed by atoms with Crippen LogP contribution < -0.4 is 15.8 Å². The quantitative estimate of drug-likeness (QED) is 0.842. The zero-order valence-corrected chi connectivity index (χ0v) is 15.6. The molecule has 0 saturated carbocycles. The molecule has 3 N–H and O–H groups in total. The molecule has 0 spiro atoms. The van der Waals surface area contributed by atoms with Gasteiger partial charge in [0.15, 0.2) is 0 Å². The minimum Gasteiger partial charge on any atom is -0.458 e. The van der Waals surface area contributed by atoms with Crippen LogP contribution in [-0.2, 0) is 4.79 Å². The van der Waals surface area contributed by atoms with Crippen LogP contribution >= 0.6 is 23.4 Å². The molecule has 25 heavy (non-hydrogen) atoms. The van der Waals surface area contributed by atoms with E-state index in [1.807, 2.05) is 24.3 Å². The van der Waals surface area contributed by atoms with Gasteiger partial charge in [-0.15, -0.1) is 0 Å². The van der Waals surface area contributed by atoms with Gasteiger partial charge in [0.05, 0.1) is 4.91 Å². The van der Waals surface area contributed by atoms with Crippen LogP contribution in [0, 0.1) is 11.8 Å². The smallest absolute Gasteiger partial charge is 0.256 e. The Kier molecular flexibility index (Phi) is 4.38. The van der Waals surface area contributed by atoms with Crippen molar-refractivity contribution in [2.75, 3.05) is 13.1 Å². The molecule has 1 amide bonds. The van der Waals surface area contributed by atoms with Crippen molar-refractivity contribution in [3.63, 3.8) is 0 Å². The Hall–Kier alpha value is -1.37. The van der Waals surface area contributed by atoms with Gasteiger partial charge in [-0.1, -0.05) is 11.6 Å². The first kappa shape index (κ1) is 17.1. The van der Waals surface area contributed by atoms with Crippen LogP contribution in [0.3, 0.4) is 0 Å². The van der Waals surface area contributed by atoms with Crippen molar-refractivity contribution in [1.82, 2.24) is 10.2 Å². The van der Waals surface area contributed by atoms with Gasteiger partial charge in [-0.05, 0) is 74.8 Å². The van der Waals surface area contributed by atoms with Crippen LogP contribution in [0.4, 0.5) is 0 Å². The second-order valence-corrected chi connectivity index (χ2v) is 8.67. The molecule has 2 bridgehead atoms. The fourth-order valence-electron chi connectivity index (χ4n) is 4.40. The third-order valence-corrected chi connectivity index (χ3v) is 7.18. The number of nitrogens with one attached hydrogen (secondary N) is 1. The number of fused-ring (bicyclic) bond motifs is 3. The highest BCUT2D eigenvalue weighted by Crippen LogP contribution is 2.51. The zero-order chi connectivity index (χ0) is 17.6. The highest BCUT2D eigenvalue weighted by molar-refractivity contribution is 8.05. The van der Waals surface area contributed by atoms with Crippen LogP contribution in [0.5, 0.6) is 5.75 Å². The summed E-state index contributed by atoms with van der Waals surface area (Å²) in [4.78, 5) is 14.7. The number of nitrogens with two attached hydrogens (primary N) is 1. The van der Waals surface area contributed by atoms with Crippen LogP contribution in [0.25, 0.3) is 0 Å². The van der Waals surface area contributed by atoms with Gasteiger partial charge in [0, 0.05) is 23.2 Å². The van der Waals surface area contributed by atoms with Crippen molar-refractivity contribution < 1.29 is 9.53 Å². The maximum absolute atomic E-state index is 11.7. The summed E-state index contributed by atoms with van der Waals surface area (Å²) in [6.07, 6.45) is 4.02. The molecule has 1 aromatic carbocycles. The number of piperidine rings is 3. The number of ether oxygens (including phenoxy) is 1. The molecular weight excluding hydrogens is 358 g/mol. The molecular formula is C18H22ClN3O2S. The normalized spacial score (nSPS) is 36.6. The highest BCUT2D eigenvalue weighted by atomic mass is 35.5. The fraction of sp³-hybridized carbons (Fsp3) is 0.500. The maximum atomic E-state index is 11.7. The zero-order valence-electron chi connectivity index (χ0n) is 14.1. The van der Waals surface area contributed by atoms with E-state index in [2.05, 4.69) is 17.1 Å². The average molecular weight is 380 g/mol. The molecule has 3 atom stereocenters. The van der Waals surface area contributed by atoms with Gasteiger partial charge in [0.1, 0.15) is 5.75 Å². The molecule has 5 rings (SSSR count). The lowest BCUT2D eigenvalue weighted by Gasteiger charge is -2.54. The first-order valence-electron chi connectivity index (χ1n) is 8.64. The lowest BCUT2D eigenvalue weighted by Crippen LogP contribution is -2.64. The van der Waals surface area contributed by atoms with E-state index in [0.29, 0.717) is 21.9 Å². The first-order valence-corrected chi connectivity index (χ1v) is 9.83. The largest absolute Gasteiger partial charge is 0.458 e. The number of hydrogen-bond acceptors (Lipinski definition) is 5. The van der Waals surface area contributed by atoms with Crippen molar-refractivity contribution in [2.45, 2.75) is 30.9 Å². The molecule has 0 aliphatic carbocycles. The standard InChI is InChI=1S/C18H22ClN3O2S/c1-11-16(12-6-8-22(11)9-7-12)18(21-10-15(25-18)17(20)23)24-14-4-2-13(19)3-5-14/h2-5,10-12,16,21H,6-9H2,1H3,(H2,20,23)/t11-,16-,18?/m0/s1. The second kappa shape index (κ2) is 6.41. The molecule has 1 aromatic rings. The number of halogens is 1. The molecule has 134 valence electrons. The fourth-order valence-corrected chi connectivity index (χ4v) is 5.86. The molecule has 4 heterocycles. The lowest BCUT2D eigenvalue weighted by molar-refractivity contribution is -0.113. The number of carbonyl (C=O) groups excluding carboxylic acids is 1. The maximum Gasteiger partial charge on any atom is 0.256 e. The van der Waals surface area contributed by atoms with Gasteiger partial charge in [-0.2, -0.15) is 0 Å². The Morgan fingerprint density at radius 1 is 1.36 bits per heavy atom. The Labute approximate surface area is 156 Å². The number of amides is 1.